The van der Waals surface area contributed by atoms with Crippen molar-refractivity contribution in [2.45, 2.75) is 237 Å². The van der Waals surface area contributed by atoms with Crippen LogP contribution in [0.5, 0.6) is 0 Å². The normalized spacial score (nSPS) is 7.31. The molecule has 0 rings (SSSR count). The molecule has 0 heterocycles. The van der Waals surface area contributed by atoms with Gasteiger partial charge in [0, 0.05) is 38.9 Å². The molecule has 0 bridgehead atoms. The first kappa shape index (κ1) is 108. The number of hydrogen-bond acceptors (Lipinski definition) is 12. The van der Waals surface area contributed by atoms with Crippen molar-refractivity contribution in [3.8, 4) is 0 Å². The lowest BCUT2D eigenvalue weighted by Gasteiger charge is -2.03. The number of rotatable bonds is 27. The van der Waals surface area contributed by atoms with E-state index in [0.717, 1.165) is 58.2 Å². The van der Waals surface area contributed by atoms with Gasteiger partial charge >= 0.3 is 0 Å². The molecule has 15 heteroatoms. The van der Waals surface area contributed by atoms with Crippen molar-refractivity contribution < 1.29 is 38.4 Å². The van der Waals surface area contributed by atoms with Crippen LogP contribution >= 0.6 is 0 Å². The van der Waals surface area contributed by atoms with Gasteiger partial charge in [-0.05, 0) is 38.5 Å². The number of carbonyl (C=O) groups is 8. The molecule has 3 amide bonds. The maximum atomic E-state index is 11.3. The Balaban J connectivity index is -0.0000000317. The first-order valence-electron chi connectivity index (χ1n) is 23.2. The van der Waals surface area contributed by atoms with Crippen molar-refractivity contribution in [1.29, 1.82) is 0 Å². The number of carbonyl (C=O) groups excluding carboxylic acids is 8. The molecule has 0 aliphatic heterocycles. The fourth-order valence-electron chi connectivity index (χ4n) is 4.21. The number of unbranched alkanes of at least 4 members (excludes halogenated alkanes) is 15. The van der Waals surface area contributed by atoms with E-state index in [-0.39, 0.29) is 42.3 Å². The molecule has 0 atom stereocenters. The van der Waals surface area contributed by atoms with Crippen LogP contribution in [0.25, 0.3) is 0 Å². The third kappa shape index (κ3) is 183. The van der Waals surface area contributed by atoms with E-state index < -0.39 is 0 Å². The minimum atomic E-state index is 0. The van der Waals surface area contributed by atoms with E-state index in [4.69, 9.17) is 24.0 Å². The summed E-state index contributed by atoms with van der Waals surface area (Å²) in [6.45, 7) is 43.7. The molecular formula is C49H119N7O8. The van der Waals surface area contributed by atoms with Crippen molar-refractivity contribution in [3.05, 3.63) is 13.2 Å². The summed E-state index contributed by atoms with van der Waals surface area (Å²) in [5.74, 6) is 0.701. The molecule has 15 N–H and O–H groups in total. The quantitative estimate of drug-likeness (QED) is 0.0299. The molecule has 0 aromatic carbocycles. The average Bonchev–Trinajstić information content (AvgIpc) is 3.33. The maximum Gasteiger partial charge on any atom is 0.219 e. The van der Waals surface area contributed by atoms with Crippen LogP contribution < -0.4 is 40.6 Å². The van der Waals surface area contributed by atoms with Gasteiger partial charge in [-0.15, -0.1) is 13.2 Å². The van der Waals surface area contributed by atoms with Gasteiger partial charge in [0.05, 0.1) is 0 Å². The summed E-state index contributed by atoms with van der Waals surface area (Å²) < 4.78 is 0. The first-order chi connectivity index (χ1) is 29.4. The monoisotopic (exact) mass is 934 g/mol. The molecule has 0 aromatic rings. The van der Waals surface area contributed by atoms with Gasteiger partial charge in [0.2, 0.25) is 17.7 Å². The maximum absolute atomic E-state index is 11.3. The number of amides is 3. The predicted octanol–water partition coefficient (Wildman–Crippen LogP) is 13.4. The molecule has 0 aliphatic rings. The molecule has 15 nitrogen and oxygen atoms in total. The average molecular weight is 935 g/mol. The number of nitrogens with one attached hydrogen (secondary N) is 3. The molecule has 64 heavy (non-hydrogen) atoms. The highest BCUT2D eigenvalue weighted by Gasteiger charge is 2.01. The third-order valence-electron chi connectivity index (χ3n) is 7.08. The fourth-order valence-corrected chi connectivity index (χ4v) is 4.21. The van der Waals surface area contributed by atoms with Crippen LogP contribution in [0.3, 0.4) is 0 Å². The van der Waals surface area contributed by atoms with Crippen LogP contribution in [0.15, 0.2) is 13.2 Å². The molecule has 0 spiro atoms. The Morgan fingerprint density at radius 1 is 0.281 bits per heavy atom. The van der Waals surface area contributed by atoms with E-state index in [2.05, 4.69) is 70.7 Å². The summed E-state index contributed by atoms with van der Waals surface area (Å²) in [4.78, 5) is 73.8. The minimum Gasteiger partial charge on any atom is -0.356 e. The van der Waals surface area contributed by atoms with Crippen LogP contribution in [0, 0.1) is 0 Å². The minimum absolute atomic E-state index is 0. The van der Waals surface area contributed by atoms with E-state index in [1.807, 2.05) is 75.5 Å². The van der Waals surface area contributed by atoms with Crippen LogP contribution in [-0.2, 0) is 38.4 Å². The Kier molecular flexibility index (Phi) is 273. The van der Waals surface area contributed by atoms with E-state index >= 15 is 0 Å². The summed E-state index contributed by atoms with van der Waals surface area (Å²) >= 11 is 0. The Hall–Kier alpha value is -3.66. The highest BCUT2D eigenvalue weighted by Crippen LogP contribution is 2.04. The fraction of sp³-hybridized carbons (Fsp3) is 0.796. The van der Waals surface area contributed by atoms with Crippen LogP contribution in [0.1, 0.15) is 237 Å². The topological polar surface area (TPSA) is 313 Å². The van der Waals surface area contributed by atoms with E-state index in [9.17, 15) is 14.4 Å². The molecule has 0 radical (unpaired) electrons. The van der Waals surface area contributed by atoms with Gasteiger partial charge in [0.25, 0.3) is 0 Å². The second-order valence-corrected chi connectivity index (χ2v) is 11.6. The molecule has 0 aliphatic carbocycles. The molecule has 0 saturated carbocycles. The van der Waals surface area contributed by atoms with Gasteiger partial charge in [0.15, 0.2) is 0 Å². The van der Waals surface area contributed by atoms with Gasteiger partial charge in [-0.25, -0.2) is 0 Å². The smallest absolute Gasteiger partial charge is 0.219 e. The number of hydrogen-bond donors (Lipinski definition) is 7. The summed E-state index contributed by atoms with van der Waals surface area (Å²) in [5, 5.41) is 8.87. The molecule has 0 fully saturated rings. The van der Waals surface area contributed by atoms with Crippen molar-refractivity contribution in [3.63, 3.8) is 0 Å². The lowest BCUT2D eigenvalue weighted by Crippen LogP contribution is -2.23. The summed E-state index contributed by atoms with van der Waals surface area (Å²) in [7, 11) is 0. The van der Waals surface area contributed by atoms with E-state index in [1.54, 1.807) is 0 Å². The van der Waals surface area contributed by atoms with Crippen LogP contribution in [0.2, 0.25) is 0 Å². The Morgan fingerprint density at radius 3 is 0.562 bits per heavy atom. The van der Waals surface area contributed by atoms with Crippen molar-refractivity contribution >= 4 is 51.7 Å². The van der Waals surface area contributed by atoms with Gasteiger partial charge in [-0.3, -0.25) is 14.4 Å². The second-order valence-electron chi connectivity index (χ2n) is 11.6. The van der Waals surface area contributed by atoms with Crippen molar-refractivity contribution in [2.75, 3.05) is 19.6 Å². The lowest BCUT2D eigenvalue weighted by atomic mass is 10.1. The van der Waals surface area contributed by atoms with Crippen molar-refractivity contribution in [2.24, 2.45) is 0 Å². The Labute approximate surface area is 399 Å². The largest absolute Gasteiger partial charge is 0.356 e. The Morgan fingerprint density at radius 2 is 0.422 bits per heavy atom. The van der Waals surface area contributed by atoms with Gasteiger partial charge in [-0.1, -0.05) is 179 Å². The highest BCUT2D eigenvalue weighted by atomic mass is 16.2. The zero-order valence-corrected chi connectivity index (χ0v) is 45.1. The molecule has 398 valence electrons. The zero-order chi connectivity index (χ0) is 49.9. The lowest BCUT2D eigenvalue weighted by molar-refractivity contribution is -0.122. The Bertz CT molecular complexity index is 541. The zero-order valence-electron chi connectivity index (χ0n) is 45.1. The van der Waals surface area contributed by atoms with Crippen molar-refractivity contribution in [1.82, 2.24) is 40.6 Å². The molecular weight excluding hydrogens is 815 g/mol. The summed E-state index contributed by atoms with van der Waals surface area (Å²) in [6.07, 6.45) is 27.0. The predicted molar refractivity (Wildman–Crippen MR) is 285 cm³/mol. The highest BCUT2D eigenvalue weighted by molar-refractivity contribution is 5.76. The summed E-state index contributed by atoms with van der Waals surface area (Å²) in [5.41, 5.74) is 0. The van der Waals surface area contributed by atoms with E-state index in [0.29, 0.717) is 19.3 Å². The second kappa shape index (κ2) is 162. The molecule has 0 saturated heterocycles. The summed E-state index contributed by atoms with van der Waals surface area (Å²) in [6, 6.07) is 0. The first-order valence-corrected chi connectivity index (χ1v) is 23.2. The van der Waals surface area contributed by atoms with Gasteiger partial charge in [0.1, 0.15) is 33.9 Å². The standard InChI is InChI=1S/3C12H25NO.3C2H6.C2H4.5CH2O.4H3N/c3*1-3-5-7-8-10-12(14)13-11-9-6-4-2;9*1-2;;;;/h3*3-11H2,1-2H3,(H,13,14);3*1-2H3;1-2H2;5*1H2;4*1H3. The molecule has 0 aromatic heterocycles. The van der Waals surface area contributed by atoms with Crippen LogP contribution in [-0.4, -0.2) is 71.3 Å². The SMILES string of the molecule is C=C.C=O.C=O.C=O.C=O.C=O.CC.CC.CC.CCCCCCC(=O)NCCCCC.CCCCCCC(=O)NCCCCC.CCCCCCC(=O)NCCCCC.N.N.N.N. The molecule has 0 unspecified atom stereocenters. The van der Waals surface area contributed by atoms with Gasteiger partial charge in [-0.2, -0.15) is 0 Å². The van der Waals surface area contributed by atoms with Gasteiger partial charge < -0.3 is 64.5 Å². The third-order valence-corrected chi connectivity index (χ3v) is 7.08. The van der Waals surface area contributed by atoms with E-state index in [1.165, 1.54) is 96.3 Å². The van der Waals surface area contributed by atoms with Crippen LogP contribution in [0.4, 0.5) is 0 Å².